The molecule has 11 heteroatoms. The van der Waals surface area contributed by atoms with E-state index < -0.39 is 11.6 Å². The number of nitrogens with one attached hydrogen (secondary N) is 2. The number of rotatable bonds is 10. The minimum Gasteiger partial charge on any atom is -0.493 e. The summed E-state index contributed by atoms with van der Waals surface area (Å²) in [5.74, 6) is 3.14. The second-order valence-corrected chi connectivity index (χ2v) is 9.51. The van der Waals surface area contributed by atoms with E-state index in [0.717, 1.165) is 22.9 Å². The largest absolute Gasteiger partial charge is 0.493 e. The van der Waals surface area contributed by atoms with Gasteiger partial charge in [-0.05, 0) is 59.1 Å². The second kappa shape index (κ2) is 11.6. The molecule has 0 saturated heterocycles. The fourth-order valence-corrected chi connectivity index (χ4v) is 4.37. The molecule has 0 saturated carbocycles. The van der Waals surface area contributed by atoms with Crippen LogP contribution in [0, 0.1) is 20.8 Å². The maximum Gasteiger partial charge on any atom is 0.320 e. The highest BCUT2D eigenvalue weighted by Crippen LogP contribution is 2.30. The van der Waals surface area contributed by atoms with E-state index in [0.29, 0.717) is 36.2 Å². The maximum absolute atomic E-state index is 12.7. The molecule has 3 heterocycles. The molecule has 38 heavy (non-hydrogen) atoms. The first-order valence-corrected chi connectivity index (χ1v) is 12.4. The Balaban J connectivity index is 1.42. The van der Waals surface area contributed by atoms with E-state index in [1.54, 1.807) is 23.9 Å². The quantitative estimate of drug-likeness (QED) is 0.387. The van der Waals surface area contributed by atoms with Crippen LogP contribution in [0.3, 0.4) is 0 Å². The van der Waals surface area contributed by atoms with Crippen LogP contribution in [0.15, 0.2) is 52.7 Å². The van der Waals surface area contributed by atoms with Gasteiger partial charge in [-0.25, -0.2) is 19.4 Å². The van der Waals surface area contributed by atoms with Crippen LogP contribution in [0.4, 0.5) is 10.6 Å². The van der Waals surface area contributed by atoms with E-state index in [4.69, 9.17) is 13.9 Å². The summed E-state index contributed by atoms with van der Waals surface area (Å²) >= 11 is 0. The molecule has 0 spiro atoms. The zero-order valence-corrected chi connectivity index (χ0v) is 22.7. The van der Waals surface area contributed by atoms with Crippen molar-refractivity contribution >= 4 is 11.8 Å². The number of hydrogen-bond acceptors (Lipinski definition) is 8. The summed E-state index contributed by atoms with van der Waals surface area (Å²) in [7, 11) is 5.68. The molecular weight excluding hydrogens is 486 g/mol. The number of allylic oxidation sites excluding steroid dienone is 2. The number of amides is 2. The molecule has 0 radical (unpaired) electrons. The number of furan rings is 1. The van der Waals surface area contributed by atoms with E-state index in [1.807, 2.05) is 59.2 Å². The number of likely N-dealkylation sites (N-methyl/N-ethyl adjacent to an activating group) is 1. The van der Waals surface area contributed by atoms with Crippen LogP contribution in [0.5, 0.6) is 0 Å². The summed E-state index contributed by atoms with van der Waals surface area (Å²) in [6.07, 6.45) is 6.64. The maximum atomic E-state index is 12.7. The summed E-state index contributed by atoms with van der Waals surface area (Å²) in [5, 5.41) is 10.1. The monoisotopic (exact) mass is 521 g/mol. The molecule has 1 aliphatic carbocycles. The Kier molecular flexibility index (Phi) is 8.28. The van der Waals surface area contributed by atoms with Crippen molar-refractivity contribution in [3.63, 3.8) is 0 Å². The van der Waals surface area contributed by atoms with Crippen molar-refractivity contribution in [1.29, 1.82) is 0 Å². The number of carbonyl (C=O) groups is 1. The van der Waals surface area contributed by atoms with Gasteiger partial charge >= 0.3 is 6.03 Å². The fourth-order valence-electron chi connectivity index (χ4n) is 4.37. The zero-order valence-electron chi connectivity index (χ0n) is 22.7. The first kappa shape index (κ1) is 27.1. The standard InChI is InChI=1S/C27H35N7O4/c1-18-15-19(2)34(32-18)24-16-23(29-25(31-24)21-11-10-20(3)38-21)30-26(35)28-13-14-37-22-9-7-8-12-27(22,36-6)17-33(4)5/h7-11,15-16H,12-14,17H2,1-6H3,(H2,28,29,30,31,35). The third kappa shape index (κ3) is 6.29. The number of aromatic nitrogens is 4. The molecule has 1 unspecified atom stereocenters. The Morgan fingerprint density at radius 2 is 2.03 bits per heavy atom. The molecule has 4 rings (SSSR count). The summed E-state index contributed by atoms with van der Waals surface area (Å²) < 4.78 is 19.3. The SMILES string of the molecule is COC1(CN(C)C)CC=CC=C1OCCNC(=O)Nc1cc(-n2nc(C)cc2C)nc(-c2ccc(C)o2)n1. The summed E-state index contributed by atoms with van der Waals surface area (Å²) in [6, 6.07) is 6.83. The van der Waals surface area contributed by atoms with Crippen molar-refractivity contribution in [1.82, 2.24) is 30.0 Å². The van der Waals surface area contributed by atoms with Crippen LogP contribution >= 0.6 is 0 Å². The number of anilines is 1. The van der Waals surface area contributed by atoms with Crippen molar-refractivity contribution in [3.05, 3.63) is 65.4 Å². The molecule has 1 aliphatic rings. The molecule has 2 N–H and O–H groups in total. The van der Waals surface area contributed by atoms with Gasteiger partial charge in [0, 0.05) is 31.8 Å². The molecule has 0 aromatic carbocycles. The highest BCUT2D eigenvalue weighted by molar-refractivity contribution is 5.88. The van der Waals surface area contributed by atoms with Crippen LogP contribution in [-0.4, -0.2) is 77.2 Å². The third-order valence-electron chi connectivity index (χ3n) is 6.03. The zero-order chi connectivity index (χ0) is 27.3. The Bertz CT molecular complexity index is 1340. The highest BCUT2D eigenvalue weighted by atomic mass is 16.5. The van der Waals surface area contributed by atoms with Gasteiger partial charge in [-0.1, -0.05) is 12.2 Å². The number of carbonyl (C=O) groups excluding carboxylic acids is 1. The first-order valence-electron chi connectivity index (χ1n) is 12.4. The van der Waals surface area contributed by atoms with Crippen LogP contribution in [-0.2, 0) is 9.47 Å². The van der Waals surface area contributed by atoms with Gasteiger partial charge in [-0.3, -0.25) is 5.32 Å². The molecule has 202 valence electrons. The normalized spacial score (nSPS) is 17.0. The van der Waals surface area contributed by atoms with Crippen LogP contribution in [0.1, 0.15) is 23.6 Å². The smallest absolute Gasteiger partial charge is 0.320 e. The third-order valence-corrected chi connectivity index (χ3v) is 6.03. The van der Waals surface area contributed by atoms with E-state index in [-0.39, 0.29) is 13.2 Å². The Morgan fingerprint density at radius 3 is 2.68 bits per heavy atom. The molecule has 11 nitrogen and oxygen atoms in total. The number of ether oxygens (including phenoxy) is 2. The fraction of sp³-hybridized carbons (Fsp3) is 0.407. The predicted molar refractivity (Wildman–Crippen MR) is 144 cm³/mol. The van der Waals surface area contributed by atoms with Crippen LogP contribution in [0.2, 0.25) is 0 Å². The van der Waals surface area contributed by atoms with Gasteiger partial charge < -0.3 is 24.1 Å². The van der Waals surface area contributed by atoms with E-state index >= 15 is 0 Å². The molecule has 3 aromatic heterocycles. The van der Waals surface area contributed by atoms with Crippen molar-refractivity contribution in [3.8, 4) is 17.4 Å². The highest BCUT2D eigenvalue weighted by Gasteiger charge is 2.37. The van der Waals surface area contributed by atoms with Gasteiger partial charge in [0.05, 0.1) is 12.2 Å². The molecule has 2 amide bonds. The van der Waals surface area contributed by atoms with Crippen molar-refractivity contribution in [2.75, 3.05) is 46.2 Å². The lowest BCUT2D eigenvalue weighted by Gasteiger charge is -2.37. The van der Waals surface area contributed by atoms with Crippen molar-refractivity contribution in [2.24, 2.45) is 0 Å². The second-order valence-electron chi connectivity index (χ2n) is 9.51. The average molecular weight is 522 g/mol. The van der Waals surface area contributed by atoms with E-state index in [9.17, 15) is 4.79 Å². The van der Waals surface area contributed by atoms with Gasteiger partial charge in [-0.2, -0.15) is 5.10 Å². The summed E-state index contributed by atoms with van der Waals surface area (Å²) in [5.41, 5.74) is 1.21. The molecule has 0 bridgehead atoms. The van der Waals surface area contributed by atoms with Gasteiger partial charge in [-0.15, -0.1) is 0 Å². The summed E-state index contributed by atoms with van der Waals surface area (Å²) in [6.45, 7) is 6.94. The lowest BCUT2D eigenvalue weighted by Crippen LogP contribution is -2.45. The summed E-state index contributed by atoms with van der Waals surface area (Å²) in [4.78, 5) is 23.9. The van der Waals surface area contributed by atoms with E-state index in [1.165, 1.54) is 0 Å². The molecule has 0 aliphatic heterocycles. The van der Waals surface area contributed by atoms with Gasteiger partial charge in [0.2, 0.25) is 0 Å². The van der Waals surface area contributed by atoms with Gasteiger partial charge in [0.1, 0.15) is 29.5 Å². The molecular formula is C27H35N7O4. The van der Waals surface area contributed by atoms with Crippen LogP contribution in [0.25, 0.3) is 17.4 Å². The Labute approximate surface area is 222 Å². The lowest BCUT2D eigenvalue weighted by atomic mass is 9.92. The number of hydrogen-bond donors (Lipinski definition) is 2. The number of nitrogens with zero attached hydrogens (tertiary/aromatic N) is 5. The molecule has 0 fully saturated rings. The number of urea groups is 1. The Hall–Kier alpha value is -3.96. The van der Waals surface area contributed by atoms with E-state index in [2.05, 4.69) is 36.7 Å². The average Bonchev–Trinajstić information content (AvgIpc) is 3.46. The number of methoxy groups -OCH3 is 1. The minimum absolute atomic E-state index is 0.281. The minimum atomic E-state index is -0.554. The molecule has 1 atom stereocenters. The first-order chi connectivity index (χ1) is 18.2. The van der Waals surface area contributed by atoms with Crippen molar-refractivity contribution < 1.29 is 18.7 Å². The van der Waals surface area contributed by atoms with Gasteiger partial charge in [0.25, 0.3) is 0 Å². The van der Waals surface area contributed by atoms with Gasteiger partial charge in [0.15, 0.2) is 17.4 Å². The Morgan fingerprint density at radius 1 is 1.21 bits per heavy atom. The molecule has 3 aromatic rings. The van der Waals surface area contributed by atoms with Crippen LogP contribution < -0.4 is 10.6 Å². The topological polar surface area (TPSA) is 120 Å². The van der Waals surface area contributed by atoms with Crippen molar-refractivity contribution in [2.45, 2.75) is 32.8 Å². The number of aryl methyl sites for hydroxylation is 3. The lowest BCUT2D eigenvalue weighted by molar-refractivity contribution is -0.0407. The predicted octanol–water partition coefficient (Wildman–Crippen LogP) is 3.78.